The van der Waals surface area contributed by atoms with Crippen LogP contribution in [0.25, 0.3) is 0 Å². The third-order valence-corrected chi connectivity index (χ3v) is 2.29. The maximum atomic E-state index is 10.6. The van der Waals surface area contributed by atoms with Gasteiger partial charge in [0.25, 0.3) is 0 Å². The maximum Gasteiger partial charge on any atom is 0.217 e. The Morgan fingerprint density at radius 1 is 1.64 bits per heavy atom. The molecule has 0 spiro atoms. The number of nitrogens with one attached hydrogen (secondary N) is 1. The van der Waals surface area contributed by atoms with E-state index in [9.17, 15) is 4.79 Å². The van der Waals surface area contributed by atoms with Crippen molar-refractivity contribution in [1.29, 1.82) is 0 Å². The molecule has 0 bridgehead atoms. The summed E-state index contributed by atoms with van der Waals surface area (Å²) in [7, 11) is 0. The van der Waals surface area contributed by atoms with Crippen molar-refractivity contribution in [1.82, 2.24) is 5.32 Å². The first-order chi connectivity index (χ1) is 5.09. The predicted molar refractivity (Wildman–Crippen MR) is 42.0 cm³/mol. The summed E-state index contributed by atoms with van der Waals surface area (Å²) >= 11 is 0. The van der Waals surface area contributed by atoms with E-state index in [1.807, 2.05) is 6.92 Å². The normalized spacial score (nSPS) is 32.3. The molecule has 1 saturated carbocycles. The molecule has 1 fully saturated rings. The number of aliphatic hydroxyl groups is 1. The van der Waals surface area contributed by atoms with E-state index in [2.05, 4.69) is 5.32 Å². The van der Waals surface area contributed by atoms with Crippen LogP contribution in [0.5, 0.6) is 0 Å². The fourth-order valence-corrected chi connectivity index (χ4v) is 1.48. The van der Waals surface area contributed by atoms with Gasteiger partial charge in [-0.25, -0.2) is 0 Å². The lowest BCUT2D eigenvalue weighted by Gasteiger charge is -2.36. The quantitative estimate of drug-likeness (QED) is 0.605. The van der Waals surface area contributed by atoms with Crippen LogP contribution < -0.4 is 5.32 Å². The first-order valence-electron chi connectivity index (χ1n) is 4.04. The van der Waals surface area contributed by atoms with Crippen molar-refractivity contribution in [2.45, 2.75) is 38.8 Å². The van der Waals surface area contributed by atoms with Crippen molar-refractivity contribution in [2.24, 2.45) is 5.92 Å². The SMILES string of the molecule is CC(=O)N[C@@H](C)C1CC(O)C1. The first-order valence-corrected chi connectivity index (χ1v) is 4.04. The van der Waals surface area contributed by atoms with Gasteiger partial charge in [-0.2, -0.15) is 0 Å². The van der Waals surface area contributed by atoms with Crippen molar-refractivity contribution in [2.75, 3.05) is 0 Å². The van der Waals surface area contributed by atoms with Crippen LogP contribution in [0.1, 0.15) is 26.7 Å². The van der Waals surface area contributed by atoms with Gasteiger partial charge in [0.05, 0.1) is 6.10 Å². The molecule has 1 atom stereocenters. The summed E-state index contributed by atoms with van der Waals surface area (Å²) in [6, 6.07) is 0.218. The zero-order valence-corrected chi connectivity index (χ0v) is 7.00. The maximum absolute atomic E-state index is 10.6. The molecule has 3 heteroatoms. The number of hydrogen-bond acceptors (Lipinski definition) is 2. The highest BCUT2D eigenvalue weighted by atomic mass is 16.3. The fraction of sp³-hybridized carbons (Fsp3) is 0.875. The highest BCUT2D eigenvalue weighted by molar-refractivity contribution is 5.73. The Hall–Kier alpha value is -0.570. The van der Waals surface area contributed by atoms with Gasteiger partial charge in [-0.1, -0.05) is 0 Å². The minimum absolute atomic E-state index is 0.0129. The molecule has 1 aliphatic rings. The van der Waals surface area contributed by atoms with Crippen LogP contribution in [0, 0.1) is 5.92 Å². The number of carbonyl (C=O) groups is 1. The van der Waals surface area contributed by atoms with Crippen LogP contribution in [-0.2, 0) is 4.79 Å². The summed E-state index contributed by atoms with van der Waals surface area (Å²) in [5.74, 6) is 0.493. The Kier molecular flexibility index (Phi) is 2.49. The second kappa shape index (κ2) is 3.22. The Morgan fingerprint density at radius 3 is 2.55 bits per heavy atom. The average Bonchev–Trinajstić information content (AvgIpc) is 1.79. The van der Waals surface area contributed by atoms with Crippen molar-refractivity contribution in [3.05, 3.63) is 0 Å². The summed E-state index contributed by atoms with van der Waals surface area (Å²) in [6.45, 7) is 3.50. The van der Waals surface area contributed by atoms with Gasteiger partial charge < -0.3 is 10.4 Å². The number of aliphatic hydroxyl groups excluding tert-OH is 1. The van der Waals surface area contributed by atoms with E-state index in [0.29, 0.717) is 5.92 Å². The minimum atomic E-state index is -0.129. The lowest BCUT2D eigenvalue weighted by Crippen LogP contribution is -2.44. The molecule has 0 aliphatic heterocycles. The van der Waals surface area contributed by atoms with E-state index in [1.165, 1.54) is 6.92 Å². The molecule has 1 aliphatic carbocycles. The Labute approximate surface area is 66.8 Å². The van der Waals surface area contributed by atoms with Gasteiger partial charge in [-0.15, -0.1) is 0 Å². The third-order valence-electron chi connectivity index (χ3n) is 2.29. The van der Waals surface area contributed by atoms with Gasteiger partial charge in [0.1, 0.15) is 0 Å². The summed E-state index contributed by atoms with van der Waals surface area (Å²) in [4.78, 5) is 10.6. The van der Waals surface area contributed by atoms with Gasteiger partial charge in [-0.3, -0.25) is 4.79 Å². The van der Waals surface area contributed by atoms with E-state index in [0.717, 1.165) is 12.8 Å². The molecular formula is C8H15NO2. The molecule has 0 heterocycles. The van der Waals surface area contributed by atoms with Crippen molar-refractivity contribution in [3.63, 3.8) is 0 Å². The van der Waals surface area contributed by atoms with E-state index in [-0.39, 0.29) is 18.1 Å². The van der Waals surface area contributed by atoms with Crippen molar-refractivity contribution >= 4 is 5.91 Å². The van der Waals surface area contributed by atoms with E-state index >= 15 is 0 Å². The van der Waals surface area contributed by atoms with Crippen LogP contribution in [0.15, 0.2) is 0 Å². The van der Waals surface area contributed by atoms with Crippen LogP contribution >= 0.6 is 0 Å². The van der Waals surface area contributed by atoms with E-state index in [4.69, 9.17) is 5.11 Å². The number of carbonyl (C=O) groups excluding carboxylic acids is 1. The van der Waals surface area contributed by atoms with Crippen LogP contribution in [0.4, 0.5) is 0 Å². The smallest absolute Gasteiger partial charge is 0.217 e. The largest absolute Gasteiger partial charge is 0.393 e. The molecule has 11 heavy (non-hydrogen) atoms. The zero-order valence-electron chi connectivity index (χ0n) is 7.00. The topological polar surface area (TPSA) is 49.3 Å². The fourth-order valence-electron chi connectivity index (χ4n) is 1.48. The highest BCUT2D eigenvalue weighted by Gasteiger charge is 2.31. The first kappa shape index (κ1) is 8.53. The highest BCUT2D eigenvalue weighted by Crippen LogP contribution is 2.29. The zero-order chi connectivity index (χ0) is 8.43. The van der Waals surface area contributed by atoms with Crippen molar-refractivity contribution < 1.29 is 9.90 Å². The molecule has 0 radical (unpaired) electrons. The van der Waals surface area contributed by atoms with Gasteiger partial charge in [0.2, 0.25) is 5.91 Å². The monoisotopic (exact) mass is 157 g/mol. The molecule has 0 aromatic carbocycles. The second-order valence-electron chi connectivity index (χ2n) is 3.37. The van der Waals surface area contributed by atoms with Gasteiger partial charge in [-0.05, 0) is 25.7 Å². The molecule has 1 rings (SSSR count). The van der Waals surface area contributed by atoms with Gasteiger partial charge in [0.15, 0.2) is 0 Å². The predicted octanol–water partition coefficient (Wildman–Crippen LogP) is 0.282. The van der Waals surface area contributed by atoms with Crippen LogP contribution in [0.3, 0.4) is 0 Å². The molecule has 0 aromatic rings. The molecule has 64 valence electrons. The lowest BCUT2D eigenvalue weighted by atomic mass is 9.78. The van der Waals surface area contributed by atoms with E-state index < -0.39 is 0 Å². The molecule has 0 unspecified atom stereocenters. The number of amides is 1. The lowest BCUT2D eigenvalue weighted by molar-refractivity contribution is -0.120. The summed E-state index contributed by atoms with van der Waals surface area (Å²) in [5, 5.41) is 11.8. The molecule has 2 N–H and O–H groups in total. The Bertz CT molecular complexity index is 152. The Morgan fingerprint density at radius 2 is 2.18 bits per heavy atom. The van der Waals surface area contributed by atoms with Crippen LogP contribution in [-0.4, -0.2) is 23.2 Å². The Balaban J connectivity index is 2.21. The molecule has 0 saturated heterocycles. The van der Waals surface area contributed by atoms with Gasteiger partial charge >= 0.3 is 0 Å². The second-order valence-corrected chi connectivity index (χ2v) is 3.37. The summed E-state index contributed by atoms with van der Waals surface area (Å²) in [5.41, 5.74) is 0. The molecule has 1 amide bonds. The standard InChI is InChI=1S/C8H15NO2/c1-5(9-6(2)10)7-3-8(11)4-7/h5,7-8,11H,3-4H2,1-2H3,(H,9,10)/t5-,7?,8?/m0/s1. The molecular weight excluding hydrogens is 142 g/mol. The summed E-state index contributed by atoms with van der Waals surface area (Å²) in [6.07, 6.45) is 1.54. The van der Waals surface area contributed by atoms with Crippen molar-refractivity contribution in [3.8, 4) is 0 Å². The molecule has 0 aromatic heterocycles. The number of rotatable bonds is 2. The summed E-state index contributed by atoms with van der Waals surface area (Å²) < 4.78 is 0. The van der Waals surface area contributed by atoms with Crippen LogP contribution in [0.2, 0.25) is 0 Å². The number of hydrogen-bond donors (Lipinski definition) is 2. The molecule has 3 nitrogen and oxygen atoms in total. The van der Waals surface area contributed by atoms with E-state index in [1.54, 1.807) is 0 Å². The average molecular weight is 157 g/mol. The minimum Gasteiger partial charge on any atom is -0.393 e. The third kappa shape index (κ3) is 2.19. The van der Waals surface area contributed by atoms with Gasteiger partial charge in [0, 0.05) is 13.0 Å².